The fraction of sp³-hybridized carbons (Fsp3) is 0.263. The zero-order valence-corrected chi connectivity index (χ0v) is 13.6. The smallest absolute Gasteiger partial charge is 0.251 e. The molecule has 1 N–H and O–H groups in total. The second-order valence-corrected chi connectivity index (χ2v) is 6.09. The third kappa shape index (κ3) is 2.97. The molecule has 0 fully saturated rings. The minimum atomic E-state index is -0.115. The molecule has 0 saturated heterocycles. The summed E-state index contributed by atoms with van der Waals surface area (Å²) in [5.41, 5.74) is 5.86. The molecule has 1 heterocycles. The Bertz CT molecular complexity index is 796. The Morgan fingerprint density at radius 1 is 1.17 bits per heavy atom. The van der Waals surface area contributed by atoms with E-state index in [9.17, 15) is 9.59 Å². The maximum atomic E-state index is 12.4. The highest BCUT2D eigenvalue weighted by atomic mass is 16.2. The molecular formula is C19H20N2O2. The second kappa shape index (κ2) is 5.88. The number of hydrogen-bond acceptors (Lipinski definition) is 2. The minimum absolute atomic E-state index is 0.0629. The van der Waals surface area contributed by atoms with Crippen LogP contribution in [0.15, 0.2) is 36.4 Å². The number of nitrogens with zero attached hydrogens (tertiary/aromatic N) is 1. The Kier molecular flexibility index (Phi) is 3.90. The van der Waals surface area contributed by atoms with E-state index in [2.05, 4.69) is 23.5 Å². The van der Waals surface area contributed by atoms with E-state index in [1.54, 1.807) is 18.0 Å². The molecule has 0 radical (unpaired) electrons. The summed E-state index contributed by atoms with van der Waals surface area (Å²) in [6.45, 7) is 4.58. The van der Waals surface area contributed by atoms with Gasteiger partial charge in [-0.1, -0.05) is 23.8 Å². The van der Waals surface area contributed by atoms with Crippen LogP contribution in [0.3, 0.4) is 0 Å². The summed E-state index contributed by atoms with van der Waals surface area (Å²) in [5.74, 6) is -0.0522. The first-order chi connectivity index (χ1) is 11.0. The van der Waals surface area contributed by atoms with Crippen molar-refractivity contribution >= 4 is 17.5 Å². The standard InChI is InChI=1S/C19H20N2O2/c1-12-4-5-13(2)16(8-12)11-20-19(23)14-6-7-17-15(9-14)10-18(22)21(17)3/h4-9H,10-11H2,1-3H3,(H,20,23). The molecule has 2 aromatic carbocycles. The Morgan fingerprint density at radius 3 is 2.74 bits per heavy atom. The molecule has 1 aliphatic rings. The molecule has 0 aliphatic carbocycles. The van der Waals surface area contributed by atoms with Crippen LogP contribution in [0.4, 0.5) is 5.69 Å². The predicted octanol–water partition coefficient (Wildman–Crippen LogP) is 2.75. The molecule has 2 amide bonds. The molecule has 0 unspecified atom stereocenters. The van der Waals surface area contributed by atoms with E-state index in [-0.39, 0.29) is 11.8 Å². The van der Waals surface area contributed by atoms with Crippen molar-refractivity contribution in [3.05, 3.63) is 64.2 Å². The third-order valence-corrected chi connectivity index (χ3v) is 4.36. The van der Waals surface area contributed by atoms with E-state index >= 15 is 0 Å². The average molecular weight is 308 g/mol. The lowest BCUT2D eigenvalue weighted by Crippen LogP contribution is -2.23. The molecule has 3 rings (SSSR count). The van der Waals surface area contributed by atoms with Crippen molar-refractivity contribution in [1.82, 2.24) is 5.32 Å². The van der Waals surface area contributed by atoms with Crippen molar-refractivity contribution in [2.24, 2.45) is 0 Å². The first kappa shape index (κ1) is 15.3. The number of nitrogens with one attached hydrogen (secondary N) is 1. The van der Waals surface area contributed by atoms with Gasteiger partial charge in [-0.15, -0.1) is 0 Å². The van der Waals surface area contributed by atoms with E-state index in [4.69, 9.17) is 0 Å². The number of amides is 2. The number of likely N-dealkylation sites (N-methyl/N-ethyl adjacent to an activating group) is 1. The maximum Gasteiger partial charge on any atom is 0.251 e. The Hall–Kier alpha value is -2.62. The highest BCUT2D eigenvalue weighted by molar-refractivity contribution is 6.03. The van der Waals surface area contributed by atoms with Gasteiger partial charge in [-0.05, 0) is 48.7 Å². The number of rotatable bonds is 3. The molecule has 0 bridgehead atoms. The number of anilines is 1. The fourth-order valence-electron chi connectivity index (χ4n) is 2.88. The first-order valence-electron chi connectivity index (χ1n) is 7.69. The molecule has 0 aromatic heterocycles. The molecule has 0 spiro atoms. The van der Waals surface area contributed by atoms with Gasteiger partial charge in [0.1, 0.15) is 0 Å². The van der Waals surface area contributed by atoms with Crippen LogP contribution in [0.2, 0.25) is 0 Å². The van der Waals surface area contributed by atoms with Gasteiger partial charge in [-0.3, -0.25) is 9.59 Å². The summed E-state index contributed by atoms with van der Waals surface area (Å²) in [6.07, 6.45) is 0.365. The van der Waals surface area contributed by atoms with Gasteiger partial charge in [0.2, 0.25) is 5.91 Å². The van der Waals surface area contributed by atoms with Crippen LogP contribution in [0, 0.1) is 13.8 Å². The molecule has 0 atom stereocenters. The molecule has 0 saturated carbocycles. The van der Waals surface area contributed by atoms with Gasteiger partial charge >= 0.3 is 0 Å². The van der Waals surface area contributed by atoms with Crippen LogP contribution < -0.4 is 10.2 Å². The largest absolute Gasteiger partial charge is 0.348 e. The van der Waals surface area contributed by atoms with Gasteiger partial charge < -0.3 is 10.2 Å². The van der Waals surface area contributed by atoms with Crippen LogP contribution in [-0.4, -0.2) is 18.9 Å². The number of carbonyl (C=O) groups is 2. The summed E-state index contributed by atoms with van der Waals surface area (Å²) in [6, 6.07) is 11.6. The Balaban J connectivity index is 1.73. The lowest BCUT2D eigenvalue weighted by atomic mass is 10.0. The summed E-state index contributed by atoms with van der Waals surface area (Å²) in [7, 11) is 1.76. The number of hydrogen-bond donors (Lipinski definition) is 1. The lowest BCUT2D eigenvalue weighted by Gasteiger charge is -2.11. The van der Waals surface area contributed by atoms with Crippen molar-refractivity contribution in [2.45, 2.75) is 26.8 Å². The quantitative estimate of drug-likeness (QED) is 0.948. The summed E-state index contributed by atoms with van der Waals surface area (Å²) >= 11 is 0. The Morgan fingerprint density at radius 2 is 1.96 bits per heavy atom. The van der Waals surface area contributed by atoms with E-state index in [0.717, 1.165) is 22.4 Å². The van der Waals surface area contributed by atoms with Crippen molar-refractivity contribution in [2.75, 3.05) is 11.9 Å². The predicted molar refractivity (Wildman–Crippen MR) is 90.6 cm³/mol. The molecule has 23 heavy (non-hydrogen) atoms. The first-order valence-corrected chi connectivity index (χ1v) is 7.69. The molecule has 118 valence electrons. The van der Waals surface area contributed by atoms with Gasteiger partial charge in [0.15, 0.2) is 0 Å². The topological polar surface area (TPSA) is 49.4 Å². The average Bonchev–Trinajstić information content (AvgIpc) is 2.82. The summed E-state index contributed by atoms with van der Waals surface area (Å²) in [5, 5.41) is 2.96. The number of benzene rings is 2. The minimum Gasteiger partial charge on any atom is -0.348 e. The van der Waals surface area contributed by atoms with Crippen molar-refractivity contribution in [3.63, 3.8) is 0 Å². The third-order valence-electron chi connectivity index (χ3n) is 4.36. The normalized spacial score (nSPS) is 13.2. The zero-order chi connectivity index (χ0) is 16.6. The van der Waals surface area contributed by atoms with Crippen LogP contribution in [0.5, 0.6) is 0 Å². The monoisotopic (exact) mass is 308 g/mol. The molecule has 1 aliphatic heterocycles. The Labute approximate surface area is 136 Å². The van der Waals surface area contributed by atoms with Crippen molar-refractivity contribution in [3.8, 4) is 0 Å². The second-order valence-electron chi connectivity index (χ2n) is 6.09. The van der Waals surface area contributed by atoms with Crippen molar-refractivity contribution < 1.29 is 9.59 Å². The van der Waals surface area contributed by atoms with Crippen molar-refractivity contribution in [1.29, 1.82) is 0 Å². The van der Waals surface area contributed by atoms with E-state index in [0.29, 0.717) is 18.5 Å². The lowest BCUT2D eigenvalue weighted by molar-refractivity contribution is -0.117. The maximum absolute atomic E-state index is 12.4. The van der Waals surface area contributed by atoms with Crippen LogP contribution >= 0.6 is 0 Å². The van der Waals surface area contributed by atoms with Gasteiger partial charge in [-0.25, -0.2) is 0 Å². The molecular weight excluding hydrogens is 288 g/mol. The summed E-state index contributed by atoms with van der Waals surface area (Å²) < 4.78 is 0. The summed E-state index contributed by atoms with van der Waals surface area (Å²) in [4.78, 5) is 25.7. The van der Waals surface area contributed by atoms with Gasteiger partial charge in [-0.2, -0.15) is 0 Å². The number of carbonyl (C=O) groups excluding carboxylic acids is 2. The SMILES string of the molecule is Cc1ccc(C)c(CNC(=O)c2ccc3c(c2)CC(=O)N3C)c1. The number of aryl methyl sites for hydroxylation is 2. The van der Waals surface area contributed by atoms with E-state index < -0.39 is 0 Å². The highest BCUT2D eigenvalue weighted by Crippen LogP contribution is 2.28. The molecule has 4 heteroatoms. The zero-order valence-electron chi connectivity index (χ0n) is 13.6. The van der Waals surface area contributed by atoms with Crippen LogP contribution in [0.25, 0.3) is 0 Å². The van der Waals surface area contributed by atoms with Crippen LogP contribution in [0.1, 0.15) is 32.6 Å². The van der Waals surface area contributed by atoms with Gasteiger partial charge in [0.05, 0.1) is 6.42 Å². The van der Waals surface area contributed by atoms with E-state index in [1.165, 1.54) is 5.56 Å². The fourth-order valence-corrected chi connectivity index (χ4v) is 2.88. The van der Waals surface area contributed by atoms with Gasteiger partial charge in [0.25, 0.3) is 5.91 Å². The highest BCUT2D eigenvalue weighted by Gasteiger charge is 2.24. The number of fused-ring (bicyclic) bond motifs is 1. The van der Waals surface area contributed by atoms with Crippen LogP contribution in [-0.2, 0) is 17.8 Å². The molecule has 2 aromatic rings. The van der Waals surface area contributed by atoms with Gasteiger partial charge in [0, 0.05) is 24.8 Å². The molecule has 4 nitrogen and oxygen atoms in total. The van der Waals surface area contributed by atoms with E-state index in [1.807, 2.05) is 26.0 Å².